The van der Waals surface area contributed by atoms with Gasteiger partial charge in [-0.3, -0.25) is 14.4 Å². The number of aromatic hydroxyl groups is 1. The van der Waals surface area contributed by atoms with E-state index in [1.807, 2.05) is 16.8 Å². The SMILES string of the molecule is C#CCOC(=O)CCCOCCOCCOCCC(=O)NCc1cnc(N2CCN(c3ncc(C(=O)CCCCCn4nc(-c5cc6cc(O)ccc6[nH]5)c5c(N)ncnc54)cn3)CC2)nc1. The van der Waals surface area contributed by atoms with E-state index in [0.717, 1.165) is 35.0 Å². The minimum Gasteiger partial charge on any atom is -0.508 e. The van der Waals surface area contributed by atoms with Gasteiger partial charge in [-0.1, -0.05) is 12.3 Å². The number of amides is 1. The number of ether oxygens (including phenoxy) is 4. The van der Waals surface area contributed by atoms with E-state index in [1.54, 1.807) is 36.9 Å². The van der Waals surface area contributed by atoms with Crippen molar-refractivity contribution in [3.63, 3.8) is 0 Å². The molecule has 5 N–H and O–H groups in total. The first-order valence-electron chi connectivity index (χ1n) is 22.3. The summed E-state index contributed by atoms with van der Waals surface area (Å²) in [5.41, 5.74) is 10.4. The molecule has 0 spiro atoms. The second-order valence-electron chi connectivity index (χ2n) is 15.7. The lowest BCUT2D eigenvalue weighted by Crippen LogP contribution is -2.47. The number of nitrogens with one attached hydrogen (secondary N) is 2. The summed E-state index contributed by atoms with van der Waals surface area (Å²) >= 11 is 0. The number of anilines is 3. The molecule has 6 heterocycles. The van der Waals surface area contributed by atoms with E-state index in [2.05, 4.69) is 55.9 Å². The molecule has 0 atom stereocenters. The van der Waals surface area contributed by atoms with Crippen LogP contribution in [0.5, 0.6) is 5.75 Å². The summed E-state index contributed by atoms with van der Waals surface area (Å²) in [4.78, 5) is 71.0. The molecule has 1 aliphatic rings. The molecule has 1 fully saturated rings. The van der Waals surface area contributed by atoms with E-state index in [1.165, 1.54) is 6.33 Å². The molecular formula is C46H55N13O8. The van der Waals surface area contributed by atoms with Gasteiger partial charge in [0.25, 0.3) is 0 Å². The van der Waals surface area contributed by atoms with Crippen molar-refractivity contribution in [3.05, 3.63) is 66.5 Å². The molecule has 21 heteroatoms. The molecule has 0 saturated carbocycles. The van der Waals surface area contributed by atoms with Gasteiger partial charge in [0.15, 0.2) is 18.0 Å². The highest BCUT2D eigenvalue weighted by Gasteiger charge is 2.22. The number of aromatic amines is 1. The van der Waals surface area contributed by atoms with Crippen LogP contribution >= 0.6 is 0 Å². The fraction of sp³-hybridized carbons (Fsp3) is 0.435. The molecule has 67 heavy (non-hydrogen) atoms. The second kappa shape index (κ2) is 24.3. The van der Waals surface area contributed by atoms with Gasteiger partial charge in [-0.15, -0.1) is 6.42 Å². The van der Waals surface area contributed by atoms with Gasteiger partial charge in [0.05, 0.1) is 49.7 Å². The van der Waals surface area contributed by atoms with Crippen LogP contribution in [0, 0.1) is 12.3 Å². The molecule has 1 saturated heterocycles. The lowest BCUT2D eigenvalue weighted by atomic mass is 10.1. The number of nitrogens with two attached hydrogens (primary N) is 1. The number of benzene rings is 1. The summed E-state index contributed by atoms with van der Waals surface area (Å²) in [6.07, 6.45) is 16.8. The van der Waals surface area contributed by atoms with Gasteiger partial charge in [-0.05, 0) is 43.5 Å². The third-order valence-electron chi connectivity index (χ3n) is 10.9. The molecule has 1 amide bonds. The van der Waals surface area contributed by atoms with Crippen LogP contribution in [-0.4, -0.2) is 140 Å². The molecule has 7 rings (SSSR count). The van der Waals surface area contributed by atoms with E-state index in [9.17, 15) is 19.5 Å². The first-order valence-corrected chi connectivity index (χ1v) is 22.3. The second-order valence-corrected chi connectivity index (χ2v) is 15.7. The van der Waals surface area contributed by atoms with Crippen molar-refractivity contribution in [1.29, 1.82) is 0 Å². The molecule has 0 aliphatic carbocycles. The smallest absolute Gasteiger partial charge is 0.306 e. The van der Waals surface area contributed by atoms with Crippen LogP contribution in [0.15, 0.2) is 55.4 Å². The van der Waals surface area contributed by atoms with Crippen molar-refractivity contribution in [1.82, 2.24) is 50.0 Å². The summed E-state index contributed by atoms with van der Waals surface area (Å²) in [6, 6.07) is 7.04. The van der Waals surface area contributed by atoms with Crippen molar-refractivity contribution in [2.45, 2.75) is 58.0 Å². The van der Waals surface area contributed by atoms with Crippen molar-refractivity contribution in [3.8, 4) is 29.5 Å². The number of hydrogen-bond acceptors (Lipinski definition) is 18. The predicted molar refractivity (Wildman–Crippen MR) is 248 cm³/mol. The average Bonchev–Trinajstić information content (AvgIpc) is 3.95. The number of nitrogens with zero attached hydrogens (tertiary/aromatic N) is 10. The number of Topliss-reactive ketones (excluding diaryl/α,β-unsaturated/α-hetero) is 1. The van der Waals surface area contributed by atoms with Crippen LogP contribution in [-0.2, 0) is 41.6 Å². The van der Waals surface area contributed by atoms with Crippen LogP contribution in [0.1, 0.15) is 60.9 Å². The summed E-state index contributed by atoms with van der Waals surface area (Å²) in [7, 11) is 0. The van der Waals surface area contributed by atoms with Gasteiger partial charge >= 0.3 is 5.97 Å². The van der Waals surface area contributed by atoms with E-state index in [-0.39, 0.29) is 49.5 Å². The fourth-order valence-electron chi connectivity index (χ4n) is 7.34. The van der Waals surface area contributed by atoms with Crippen LogP contribution < -0.4 is 20.9 Å². The van der Waals surface area contributed by atoms with Gasteiger partial charge in [0.1, 0.15) is 23.6 Å². The molecule has 0 bridgehead atoms. The number of piperazine rings is 1. The van der Waals surface area contributed by atoms with Crippen molar-refractivity contribution < 1.29 is 38.4 Å². The number of phenolic OH excluding ortho intramolecular Hbond substituents is 1. The normalized spacial score (nSPS) is 12.7. The number of carbonyl (C=O) groups is 3. The number of phenols is 1. The maximum atomic E-state index is 13.1. The van der Waals surface area contributed by atoms with E-state index < -0.39 is 0 Å². The van der Waals surface area contributed by atoms with Crippen molar-refractivity contribution in [2.24, 2.45) is 0 Å². The number of H-pyrrole nitrogens is 1. The third-order valence-corrected chi connectivity index (χ3v) is 10.9. The molecule has 352 valence electrons. The number of carbonyl (C=O) groups excluding carboxylic acids is 3. The predicted octanol–water partition coefficient (Wildman–Crippen LogP) is 3.63. The van der Waals surface area contributed by atoms with Gasteiger partial charge in [-0.2, -0.15) is 5.10 Å². The first-order chi connectivity index (χ1) is 32.7. The number of fused-ring (bicyclic) bond motifs is 2. The van der Waals surface area contributed by atoms with Gasteiger partial charge in [0, 0.05) is 106 Å². The molecule has 6 aromatic rings. The lowest BCUT2D eigenvalue weighted by Gasteiger charge is -2.34. The standard InChI is InChI=1S/C46H55N13O8/c1-2-17-67-40(63)8-6-18-64-20-22-66-23-21-65-19-11-39(62)48-26-32-27-49-45(50-28-32)57-13-15-58(16-14-57)46-51-29-34(30-52-46)38(61)7-4-3-5-12-59-44-41(43(47)53-31-54-44)42(56-59)37-25-33-24-35(60)9-10-36(33)55-37/h1,9-10,24-25,27-31,55,60H,3-8,11-23,26H2,(H,48,62)(H2,47,53,54). The number of ketones is 1. The van der Waals surface area contributed by atoms with Crippen LogP contribution in [0.4, 0.5) is 17.7 Å². The first kappa shape index (κ1) is 47.7. The number of aromatic nitrogens is 9. The van der Waals surface area contributed by atoms with Crippen LogP contribution in [0.25, 0.3) is 33.3 Å². The lowest BCUT2D eigenvalue weighted by molar-refractivity contribution is -0.142. The number of esters is 1. The van der Waals surface area contributed by atoms with E-state index in [4.69, 9.17) is 36.2 Å². The summed E-state index contributed by atoms with van der Waals surface area (Å²) < 4.78 is 23.0. The number of hydrogen-bond donors (Lipinski definition) is 4. The zero-order valence-electron chi connectivity index (χ0n) is 37.3. The molecule has 5 aromatic heterocycles. The van der Waals surface area contributed by atoms with Crippen LogP contribution in [0.2, 0.25) is 0 Å². The van der Waals surface area contributed by atoms with Gasteiger partial charge in [0.2, 0.25) is 17.8 Å². The highest BCUT2D eigenvalue weighted by molar-refractivity contribution is 6.00. The molecule has 0 radical (unpaired) electrons. The Morgan fingerprint density at radius 3 is 2.19 bits per heavy atom. The zero-order chi connectivity index (χ0) is 46.8. The maximum absolute atomic E-state index is 13.1. The Bertz CT molecular complexity index is 2610. The Morgan fingerprint density at radius 2 is 1.48 bits per heavy atom. The minimum absolute atomic E-state index is 0.00650. The Morgan fingerprint density at radius 1 is 0.791 bits per heavy atom. The Balaban J connectivity index is 0.741. The summed E-state index contributed by atoms with van der Waals surface area (Å²) in [5.74, 6) is 3.44. The van der Waals surface area contributed by atoms with Gasteiger partial charge in [-0.25, -0.2) is 34.6 Å². The van der Waals surface area contributed by atoms with Crippen molar-refractivity contribution >= 4 is 57.3 Å². The largest absolute Gasteiger partial charge is 0.508 e. The molecule has 1 aromatic carbocycles. The fourth-order valence-corrected chi connectivity index (χ4v) is 7.34. The molecule has 21 nitrogen and oxygen atoms in total. The zero-order valence-corrected chi connectivity index (χ0v) is 37.3. The summed E-state index contributed by atoms with van der Waals surface area (Å²) in [5, 5.41) is 19.1. The summed E-state index contributed by atoms with van der Waals surface area (Å²) in [6.45, 7) is 5.73. The number of terminal acetylenes is 1. The monoisotopic (exact) mass is 917 g/mol. The Labute approximate surface area is 386 Å². The molecule has 0 unspecified atom stereocenters. The van der Waals surface area contributed by atoms with E-state index in [0.29, 0.717) is 132 Å². The number of aryl methyl sites for hydroxylation is 1. The third kappa shape index (κ3) is 13.6. The Hall–Kier alpha value is -7.28. The van der Waals surface area contributed by atoms with Gasteiger partial charge < -0.3 is 49.9 Å². The Kier molecular flexibility index (Phi) is 17.3. The maximum Gasteiger partial charge on any atom is 0.306 e. The minimum atomic E-state index is -0.339. The number of rotatable bonds is 26. The number of nitrogen functional groups attached to an aromatic ring is 1. The van der Waals surface area contributed by atoms with Crippen LogP contribution in [0.3, 0.4) is 0 Å². The quantitative estimate of drug-likeness (QED) is 0.0262. The van der Waals surface area contributed by atoms with E-state index >= 15 is 0 Å². The average molecular weight is 918 g/mol. The topological polar surface area (TPSA) is 264 Å². The highest BCUT2D eigenvalue weighted by Crippen LogP contribution is 2.33. The molecular weight excluding hydrogens is 863 g/mol. The van der Waals surface area contributed by atoms with Crippen molar-refractivity contribution in [2.75, 3.05) is 88.0 Å². The highest BCUT2D eigenvalue weighted by atomic mass is 16.5. The number of unbranched alkanes of at least 4 members (excludes halogenated alkanes) is 2. The molecule has 1 aliphatic heterocycles.